The van der Waals surface area contributed by atoms with Gasteiger partial charge in [-0.3, -0.25) is 0 Å². The van der Waals surface area contributed by atoms with Crippen molar-refractivity contribution < 1.29 is 24.2 Å². The van der Waals surface area contributed by atoms with Crippen LogP contribution in [0.1, 0.15) is 33.1 Å². The third-order valence-electron chi connectivity index (χ3n) is 2.74. The first-order valence-corrected chi connectivity index (χ1v) is 7.31. The fourth-order valence-electron chi connectivity index (χ4n) is 1.68. The largest absolute Gasteiger partial charge is 0.480 e. The normalized spacial score (nSPS) is 12.2. The molecule has 0 spiro atoms. The molecule has 0 fully saturated rings. The summed E-state index contributed by atoms with van der Waals surface area (Å²) in [6.45, 7) is 6.09. The zero-order chi connectivity index (χ0) is 16.1. The maximum atomic E-state index is 11.6. The second-order valence-corrected chi connectivity index (χ2v) is 5.23. The molecule has 0 saturated carbocycles. The minimum atomic E-state index is -1.01. The molecule has 0 aromatic heterocycles. The lowest BCUT2D eigenvalue weighted by Crippen LogP contribution is -2.46. The van der Waals surface area contributed by atoms with E-state index in [0.29, 0.717) is 32.8 Å². The van der Waals surface area contributed by atoms with Gasteiger partial charge >= 0.3 is 12.0 Å². The number of methoxy groups -OCH3 is 1. The van der Waals surface area contributed by atoms with Gasteiger partial charge in [0.25, 0.3) is 0 Å². The van der Waals surface area contributed by atoms with E-state index in [-0.39, 0.29) is 5.92 Å². The van der Waals surface area contributed by atoms with Crippen LogP contribution in [0.3, 0.4) is 0 Å². The molecule has 124 valence electrons. The number of carbonyl (C=O) groups is 2. The van der Waals surface area contributed by atoms with Gasteiger partial charge in [0.2, 0.25) is 0 Å². The van der Waals surface area contributed by atoms with Crippen LogP contribution in [0.2, 0.25) is 0 Å². The number of rotatable bonds is 12. The molecule has 0 rings (SSSR count). The molecule has 0 aromatic rings. The second-order valence-electron chi connectivity index (χ2n) is 5.23. The standard InChI is InChI=1S/C14H28N2O5/c1-11(2)10-12(13(17)18)16-14(19)15-6-4-5-7-21-9-8-20-3/h11-12H,4-10H2,1-3H3,(H,17,18)(H2,15,16,19)/t12-/m1/s1. The van der Waals surface area contributed by atoms with Crippen molar-refractivity contribution in [1.82, 2.24) is 10.6 Å². The van der Waals surface area contributed by atoms with Crippen molar-refractivity contribution in [2.45, 2.75) is 39.2 Å². The van der Waals surface area contributed by atoms with E-state index in [1.54, 1.807) is 7.11 Å². The SMILES string of the molecule is COCCOCCCCNC(=O)N[C@H](CC(C)C)C(=O)O. The van der Waals surface area contributed by atoms with Gasteiger partial charge in [-0.1, -0.05) is 13.8 Å². The molecule has 0 aliphatic carbocycles. The summed E-state index contributed by atoms with van der Waals surface area (Å²) in [5.74, 6) is -0.805. The highest BCUT2D eigenvalue weighted by Gasteiger charge is 2.20. The highest BCUT2D eigenvalue weighted by Crippen LogP contribution is 2.04. The lowest BCUT2D eigenvalue weighted by atomic mass is 10.0. The van der Waals surface area contributed by atoms with Gasteiger partial charge in [-0.25, -0.2) is 9.59 Å². The molecular weight excluding hydrogens is 276 g/mol. The summed E-state index contributed by atoms with van der Waals surface area (Å²) in [4.78, 5) is 22.6. The maximum Gasteiger partial charge on any atom is 0.326 e. The molecule has 0 bridgehead atoms. The van der Waals surface area contributed by atoms with Crippen LogP contribution >= 0.6 is 0 Å². The molecule has 0 aromatic carbocycles. The summed E-state index contributed by atoms with van der Waals surface area (Å²) in [5.41, 5.74) is 0. The lowest BCUT2D eigenvalue weighted by Gasteiger charge is -2.16. The molecule has 0 heterocycles. The van der Waals surface area contributed by atoms with Gasteiger partial charge < -0.3 is 25.2 Å². The van der Waals surface area contributed by atoms with E-state index in [1.165, 1.54) is 0 Å². The Morgan fingerprint density at radius 2 is 1.86 bits per heavy atom. The summed E-state index contributed by atoms with van der Waals surface area (Å²) in [5, 5.41) is 14.1. The Morgan fingerprint density at radius 3 is 2.43 bits per heavy atom. The van der Waals surface area contributed by atoms with Crippen LogP contribution < -0.4 is 10.6 Å². The molecule has 7 heteroatoms. The number of amides is 2. The zero-order valence-corrected chi connectivity index (χ0v) is 13.2. The molecular formula is C14H28N2O5. The Kier molecular flexibility index (Phi) is 11.6. The van der Waals surface area contributed by atoms with Crippen molar-refractivity contribution in [2.24, 2.45) is 5.92 Å². The zero-order valence-electron chi connectivity index (χ0n) is 13.2. The first-order chi connectivity index (χ1) is 9.97. The quantitative estimate of drug-likeness (QED) is 0.471. The van der Waals surface area contributed by atoms with Gasteiger partial charge in [0.1, 0.15) is 6.04 Å². The molecule has 0 radical (unpaired) electrons. The summed E-state index contributed by atoms with van der Waals surface area (Å²) in [6.07, 6.45) is 2.02. The third-order valence-corrected chi connectivity index (χ3v) is 2.74. The monoisotopic (exact) mass is 304 g/mol. The van der Waals surface area contributed by atoms with Gasteiger partial charge in [-0.05, 0) is 25.2 Å². The van der Waals surface area contributed by atoms with Crippen LogP contribution in [0.25, 0.3) is 0 Å². The molecule has 21 heavy (non-hydrogen) atoms. The van der Waals surface area contributed by atoms with Gasteiger partial charge in [-0.15, -0.1) is 0 Å². The first-order valence-electron chi connectivity index (χ1n) is 7.31. The number of aliphatic carboxylic acids is 1. The molecule has 2 amide bonds. The van der Waals surface area contributed by atoms with E-state index in [2.05, 4.69) is 10.6 Å². The number of unbranched alkanes of at least 4 members (excludes halogenated alkanes) is 1. The van der Waals surface area contributed by atoms with Crippen LogP contribution in [0.5, 0.6) is 0 Å². The van der Waals surface area contributed by atoms with Crippen molar-refractivity contribution in [3.63, 3.8) is 0 Å². The van der Waals surface area contributed by atoms with Crippen LogP contribution in [0, 0.1) is 5.92 Å². The predicted molar refractivity (Wildman–Crippen MR) is 79.3 cm³/mol. The minimum Gasteiger partial charge on any atom is -0.480 e. The van der Waals surface area contributed by atoms with E-state index in [0.717, 1.165) is 12.8 Å². The van der Waals surface area contributed by atoms with Gasteiger partial charge in [0, 0.05) is 20.3 Å². The van der Waals surface area contributed by atoms with Crippen molar-refractivity contribution in [2.75, 3.05) is 33.5 Å². The van der Waals surface area contributed by atoms with E-state index in [1.807, 2.05) is 13.8 Å². The number of carboxylic acids is 1. The van der Waals surface area contributed by atoms with Crippen LogP contribution in [0.15, 0.2) is 0 Å². The number of ether oxygens (including phenoxy) is 2. The highest BCUT2D eigenvalue weighted by molar-refractivity contribution is 5.82. The number of urea groups is 1. The third kappa shape index (κ3) is 12.1. The minimum absolute atomic E-state index is 0.204. The molecule has 0 unspecified atom stereocenters. The Labute approximate surface area is 126 Å². The van der Waals surface area contributed by atoms with Crippen LogP contribution in [-0.4, -0.2) is 56.6 Å². The summed E-state index contributed by atoms with van der Waals surface area (Å²) >= 11 is 0. The van der Waals surface area contributed by atoms with E-state index >= 15 is 0 Å². The fraction of sp³-hybridized carbons (Fsp3) is 0.857. The van der Waals surface area contributed by atoms with Crippen molar-refractivity contribution >= 4 is 12.0 Å². The fourth-order valence-corrected chi connectivity index (χ4v) is 1.68. The number of carbonyl (C=O) groups excluding carboxylic acids is 1. The Hall–Kier alpha value is -1.34. The molecule has 1 atom stereocenters. The summed E-state index contributed by atoms with van der Waals surface area (Å²) in [7, 11) is 1.62. The smallest absolute Gasteiger partial charge is 0.326 e. The van der Waals surface area contributed by atoms with Gasteiger partial charge in [0.05, 0.1) is 13.2 Å². The number of nitrogens with one attached hydrogen (secondary N) is 2. The van der Waals surface area contributed by atoms with E-state index in [9.17, 15) is 9.59 Å². The molecule has 0 aliphatic rings. The van der Waals surface area contributed by atoms with E-state index < -0.39 is 18.0 Å². The molecule has 3 N–H and O–H groups in total. The average Bonchev–Trinajstić information content (AvgIpc) is 2.40. The summed E-state index contributed by atoms with van der Waals surface area (Å²) in [6, 6.07) is -1.29. The van der Waals surface area contributed by atoms with Crippen molar-refractivity contribution in [3.8, 4) is 0 Å². The molecule has 7 nitrogen and oxygen atoms in total. The van der Waals surface area contributed by atoms with Crippen molar-refractivity contribution in [1.29, 1.82) is 0 Å². The number of hydrogen-bond acceptors (Lipinski definition) is 4. The summed E-state index contributed by atoms with van der Waals surface area (Å²) < 4.78 is 10.1. The molecule has 0 aliphatic heterocycles. The van der Waals surface area contributed by atoms with Crippen molar-refractivity contribution in [3.05, 3.63) is 0 Å². The highest BCUT2D eigenvalue weighted by atomic mass is 16.5. The molecule has 0 saturated heterocycles. The van der Waals surface area contributed by atoms with Gasteiger partial charge in [0.15, 0.2) is 0 Å². The van der Waals surface area contributed by atoms with Gasteiger partial charge in [-0.2, -0.15) is 0 Å². The van der Waals surface area contributed by atoms with Crippen LogP contribution in [-0.2, 0) is 14.3 Å². The Bertz CT molecular complexity index is 297. The second kappa shape index (κ2) is 12.4. The number of carboxylic acid groups (broad SMARTS) is 1. The lowest BCUT2D eigenvalue weighted by molar-refractivity contribution is -0.139. The average molecular weight is 304 g/mol. The number of hydrogen-bond donors (Lipinski definition) is 3. The predicted octanol–water partition coefficient (Wildman–Crippen LogP) is 1.23. The topological polar surface area (TPSA) is 96.9 Å². The van der Waals surface area contributed by atoms with Crippen LogP contribution in [0.4, 0.5) is 4.79 Å². The Balaban J connectivity index is 3.66. The maximum absolute atomic E-state index is 11.6. The Morgan fingerprint density at radius 1 is 1.14 bits per heavy atom. The first kappa shape index (κ1) is 19.7. The van der Waals surface area contributed by atoms with E-state index in [4.69, 9.17) is 14.6 Å².